The molecule has 1 amide bonds. The molecule has 1 aromatic heterocycles. The summed E-state index contributed by atoms with van der Waals surface area (Å²) in [6, 6.07) is 6.97. The molecule has 1 atom stereocenters. The first-order valence-electron chi connectivity index (χ1n) is 7.37. The number of hydrogen-bond acceptors (Lipinski definition) is 6. The lowest BCUT2D eigenvalue weighted by molar-refractivity contribution is 0.0885. The van der Waals surface area contributed by atoms with Gasteiger partial charge in [0, 0.05) is 18.7 Å². The summed E-state index contributed by atoms with van der Waals surface area (Å²) in [5, 5.41) is 6.69. The molecule has 1 aliphatic heterocycles. The predicted molar refractivity (Wildman–Crippen MR) is 81.5 cm³/mol. The van der Waals surface area contributed by atoms with E-state index in [1.807, 2.05) is 13.0 Å². The highest BCUT2D eigenvalue weighted by Crippen LogP contribution is 2.35. The van der Waals surface area contributed by atoms with Crippen LogP contribution < -0.4 is 14.8 Å². The summed E-state index contributed by atoms with van der Waals surface area (Å²) in [5.41, 5.74) is 0.997. The summed E-state index contributed by atoms with van der Waals surface area (Å²) in [4.78, 5) is 12.2. The van der Waals surface area contributed by atoms with Crippen molar-refractivity contribution in [1.82, 2.24) is 10.5 Å². The number of nitrogens with zero attached hydrogens (tertiary/aromatic N) is 1. The third-order valence-electron chi connectivity index (χ3n) is 3.60. The van der Waals surface area contributed by atoms with E-state index in [4.69, 9.17) is 18.7 Å². The monoisotopic (exact) mass is 318 g/mol. The van der Waals surface area contributed by atoms with E-state index in [1.165, 1.54) is 0 Å². The van der Waals surface area contributed by atoms with E-state index < -0.39 is 0 Å². The number of rotatable bonds is 6. The molecule has 0 saturated heterocycles. The van der Waals surface area contributed by atoms with Crippen molar-refractivity contribution < 1.29 is 23.5 Å². The smallest absolute Gasteiger partial charge is 0.273 e. The molecular weight excluding hydrogens is 300 g/mol. The zero-order valence-electron chi connectivity index (χ0n) is 13.0. The van der Waals surface area contributed by atoms with Gasteiger partial charge in [0.1, 0.15) is 0 Å². The molecular formula is C16H18N2O5. The van der Waals surface area contributed by atoms with Crippen LogP contribution in [-0.2, 0) is 4.74 Å². The number of amides is 1. The van der Waals surface area contributed by atoms with Gasteiger partial charge in [0.15, 0.2) is 23.0 Å². The summed E-state index contributed by atoms with van der Waals surface area (Å²) >= 11 is 0. The number of carbonyl (C=O) groups is 1. The average molecular weight is 318 g/mol. The van der Waals surface area contributed by atoms with Crippen LogP contribution in [0.1, 0.15) is 23.8 Å². The van der Waals surface area contributed by atoms with Gasteiger partial charge in [-0.05, 0) is 24.6 Å². The Bertz CT molecular complexity index is 698. The second-order valence-corrected chi connectivity index (χ2v) is 5.18. The minimum absolute atomic E-state index is 0.0572. The molecule has 1 aromatic carbocycles. The number of carbonyl (C=O) groups excluding carboxylic acids is 1. The lowest BCUT2D eigenvalue weighted by Gasteiger charge is -2.14. The number of hydrogen-bond donors (Lipinski definition) is 1. The Morgan fingerprint density at radius 3 is 2.96 bits per heavy atom. The highest BCUT2D eigenvalue weighted by atomic mass is 16.7. The quantitative estimate of drug-likeness (QED) is 0.879. The molecule has 1 N–H and O–H groups in total. The maximum atomic E-state index is 12.2. The van der Waals surface area contributed by atoms with Crippen molar-refractivity contribution in [3.63, 3.8) is 0 Å². The van der Waals surface area contributed by atoms with Gasteiger partial charge in [0.25, 0.3) is 5.91 Å². The molecule has 0 radical (unpaired) electrons. The van der Waals surface area contributed by atoms with Gasteiger partial charge in [0.05, 0.1) is 12.6 Å². The predicted octanol–water partition coefficient (Wildman–Crippen LogP) is 2.23. The normalized spacial score (nSPS) is 13.8. The standard InChI is InChI=1S/C16H18N2O5/c1-3-11(8-20-2)17-16(19)12-7-14(23-18-12)10-4-5-13-15(6-10)22-9-21-13/h4-7,11H,3,8-9H2,1-2H3,(H,17,19). The minimum Gasteiger partial charge on any atom is -0.454 e. The van der Waals surface area contributed by atoms with Crippen LogP contribution in [0.3, 0.4) is 0 Å². The molecule has 0 spiro atoms. The maximum Gasteiger partial charge on any atom is 0.273 e. The third-order valence-corrected chi connectivity index (χ3v) is 3.60. The van der Waals surface area contributed by atoms with Crippen LogP contribution in [0.15, 0.2) is 28.8 Å². The third kappa shape index (κ3) is 3.29. The fourth-order valence-corrected chi connectivity index (χ4v) is 2.29. The van der Waals surface area contributed by atoms with E-state index in [0.717, 1.165) is 12.0 Å². The Balaban J connectivity index is 1.74. The second kappa shape index (κ2) is 6.70. The van der Waals surface area contributed by atoms with Gasteiger partial charge < -0.3 is 24.1 Å². The van der Waals surface area contributed by atoms with Crippen molar-refractivity contribution in [2.75, 3.05) is 20.5 Å². The molecule has 2 aromatic rings. The Kier molecular flexibility index (Phi) is 4.47. The summed E-state index contributed by atoms with van der Waals surface area (Å²) < 4.78 is 20.9. The SMILES string of the molecule is CCC(COC)NC(=O)c1cc(-c2ccc3c(c2)OCO3)on1. The lowest BCUT2D eigenvalue weighted by atomic mass is 10.1. The average Bonchev–Trinajstić information content (AvgIpc) is 3.22. The van der Waals surface area contributed by atoms with Gasteiger partial charge in [-0.2, -0.15) is 0 Å². The van der Waals surface area contributed by atoms with Crippen molar-refractivity contribution in [2.45, 2.75) is 19.4 Å². The van der Waals surface area contributed by atoms with Crippen molar-refractivity contribution in [2.24, 2.45) is 0 Å². The van der Waals surface area contributed by atoms with E-state index in [0.29, 0.717) is 23.9 Å². The fraction of sp³-hybridized carbons (Fsp3) is 0.375. The number of benzene rings is 1. The molecule has 1 unspecified atom stereocenters. The van der Waals surface area contributed by atoms with Crippen LogP contribution in [0.25, 0.3) is 11.3 Å². The zero-order valence-corrected chi connectivity index (χ0v) is 13.0. The minimum atomic E-state index is -0.287. The molecule has 0 fully saturated rings. The van der Waals surface area contributed by atoms with Crippen LogP contribution in [0.2, 0.25) is 0 Å². The van der Waals surface area contributed by atoms with E-state index in [2.05, 4.69) is 10.5 Å². The summed E-state index contributed by atoms with van der Waals surface area (Å²) in [6.45, 7) is 2.64. The molecule has 0 aliphatic carbocycles. The van der Waals surface area contributed by atoms with Crippen molar-refractivity contribution in [3.8, 4) is 22.8 Å². The van der Waals surface area contributed by atoms with E-state index in [1.54, 1.807) is 25.3 Å². The maximum absolute atomic E-state index is 12.2. The Hall–Kier alpha value is -2.54. The lowest BCUT2D eigenvalue weighted by Crippen LogP contribution is -2.37. The molecule has 3 rings (SSSR count). The van der Waals surface area contributed by atoms with E-state index >= 15 is 0 Å². The molecule has 122 valence electrons. The highest BCUT2D eigenvalue weighted by Gasteiger charge is 2.19. The fourth-order valence-electron chi connectivity index (χ4n) is 2.29. The number of fused-ring (bicyclic) bond motifs is 1. The largest absolute Gasteiger partial charge is 0.454 e. The van der Waals surface area contributed by atoms with Crippen molar-refractivity contribution >= 4 is 5.91 Å². The van der Waals surface area contributed by atoms with Crippen molar-refractivity contribution in [3.05, 3.63) is 30.0 Å². The van der Waals surface area contributed by atoms with Gasteiger partial charge in [-0.1, -0.05) is 12.1 Å². The number of methoxy groups -OCH3 is 1. The van der Waals surface area contributed by atoms with Crippen LogP contribution in [0, 0.1) is 0 Å². The molecule has 1 aliphatic rings. The summed E-state index contributed by atoms with van der Waals surface area (Å²) in [7, 11) is 1.60. The topological polar surface area (TPSA) is 82.8 Å². The first-order chi connectivity index (χ1) is 11.2. The first kappa shape index (κ1) is 15.4. The Morgan fingerprint density at radius 1 is 1.35 bits per heavy atom. The number of ether oxygens (including phenoxy) is 3. The number of nitrogens with one attached hydrogen (secondary N) is 1. The molecule has 7 heteroatoms. The second-order valence-electron chi connectivity index (χ2n) is 5.18. The highest BCUT2D eigenvalue weighted by molar-refractivity contribution is 5.93. The van der Waals surface area contributed by atoms with Crippen LogP contribution in [-0.4, -0.2) is 37.6 Å². The van der Waals surface area contributed by atoms with E-state index in [-0.39, 0.29) is 24.4 Å². The summed E-state index contributed by atoms with van der Waals surface area (Å²) in [5.74, 6) is 1.55. The zero-order chi connectivity index (χ0) is 16.2. The van der Waals surface area contributed by atoms with Crippen molar-refractivity contribution in [1.29, 1.82) is 0 Å². The first-order valence-corrected chi connectivity index (χ1v) is 7.37. The Morgan fingerprint density at radius 2 is 2.17 bits per heavy atom. The van der Waals surface area contributed by atoms with Crippen LogP contribution in [0.4, 0.5) is 0 Å². The molecule has 2 heterocycles. The molecule has 23 heavy (non-hydrogen) atoms. The van der Waals surface area contributed by atoms with Gasteiger partial charge in [-0.15, -0.1) is 0 Å². The van der Waals surface area contributed by atoms with Gasteiger partial charge in [-0.3, -0.25) is 4.79 Å². The van der Waals surface area contributed by atoms with E-state index in [9.17, 15) is 4.79 Å². The van der Waals surface area contributed by atoms with Crippen LogP contribution in [0.5, 0.6) is 11.5 Å². The van der Waals surface area contributed by atoms with Crippen LogP contribution >= 0.6 is 0 Å². The molecule has 0 saturated carbocycles. The van der Waals surface area contributed by atoms with Gasteiger partial charge in [-0.25, -0.2) is 0 Å². The number of aromatic nitrogens is 1. The Labute approximate surface area is 133 Å². The summed E-state index contributed by atoms with van der Waals surface area (Å²) in [6.07, 6.45) is 0.770. The molecule has 7 nitrogen and oxygen atoms in total. The van der Waals surface area contributed by atoms with Gasteiger partial charge >= 0.3 is 0 Å². The molecule has 0 bridgehead atoms. The van der Waals surface area contributed by atoms with Gasteiger partial charge in [0.2, 0.25) is 6.79 Å².